The lowest BCUT2D eigenvalue weighted by Gasteiger charge is -2.24. The summed E-state index contributed by atoms with van der Waals surface area (Å²) in [6.45, 7) is 7.50. The van der Waals surface area contributed by atoms with E-state index >= 15 is 0 Å². The number of nitrogens with zero attached hydrogens (tertiary/aromatic N) is 1. The SMILES string of the molecule is Cc1cc(C)c(C(C)NC(=O)CN(Cc2ccc(Cl)cc2Cl)S(=O)(=O)c2ccc(Br)cc2)cc1C. The zero-order valence-electron chi connectivity index (χ0n) is 19.9. The van der Waals surface area contributed by atoms with Crippen molar-refractivity contribution in [2.45, 2.75) is 45.2 Å². The summed E-state index contributed by atoms with van der Waals surface area (Å²) in [6.07, 6.45) is 0. The van der Waals surface area contributed by atoms with Gasteiger partial charge in [0.25, 0.3) is 0 Å². The molecule has 1 N–H and O–H groups in total. The first-order chi connectivity index (χ1) is 16.4. The third-order valence-electron chi connectivity index (χ3n) is 5.86. The van der Waals surface area contributed by atoms with E-state index in [1.54, 1.807) is 30.3 Å². The molecular weight excluding hydrogens is 571 g/mol. The van der Waals surface area contributed by atoms with Crippen molar-refractivity contribution in [3.8, 4) is 0 Å². The molecule has 0 radical (unpaired) electrons. The third-order valence-corrected chi connectivity index (χ3v) is 8.78. The maximum atomic E-state index is 13.5. The Morgan fingerprint density at radius 1 is 0.971 bits per heavy atom. The van der Waals surface area contributed by atoms with Gasteiger partial charge in [0.2, 0.25) is 15.9 Å². The molecule has 35 heavy (non-hydrogen) atoms. The van der Waals surface area contributed by atoms with E-state index in [0.717, 1.165) is 25.5 Å². The minimum atomic E-state index is -4.00. The highest BCUT2D eigenvalue weighted by molar-refractivity contribution is 9.10. The van der Waals surface area contributed by atoms with Crippen molar-refractivity contribution in [1.82, 2.24) is 9.62 Å². The molecular formula is C26H27BrCl2N2O3S. The number of hydrogen-bond acceptors (Lipinski definition) is 3. The normalized spacial score (nSPS) is 12.6. The molecule has 3 rings (SSSR count). The van der Waals surface area contributed by atoms with Gasteiger partial charge in [-0.05, 0) is 91.9 Å². The molecule has 0 saturated carbocycles. The number of halogens is 3. The van der Waals surface area contributed by atoms with Crippen LogP contribution in [-0.4, -0.2) is 25.2 Å². The van der Waals surface area contributed by atoms with Crippen LogP contribution in [0.15, 0.2) is 64.0 Å². The lowest BCUT2D eigenvalue weighted by atomic mass is 9.96. The van der Waals surface area contributed by atoms with Crippen LogP contribution in [0.2, 0.25) is 10.0 Å². The van der Waals surface area contributed by atoms with E-state index in [1.807, 2.05) is 27.7 Å². The second-order valence-corrected chi connectivity index (χ2v) is 12.2. The second kappa shape index (κ2) is 11.4. The standard InChI is InChI=1S/C26H27BrCl2N2O3S/c1-16-11-18(3)24(12-17(16)2)19(4)30-26(32)15-31(14-20-5-8-22(28)13-25(20)29)35(33,34)23-9-6-21(27)7-10-23/h5-13,19H,14-15H2,1-4H3,(H,30,32). The summed E-state index contributed by atoms with van der Waals surface area (Å²) in [4.78, 5) is 13.2. The van der Waals surface area contributed by atoms with Gasteiger partial charge in [0, 0.05) is 21.1 Å². The van der Waals surface area contributed by atoms with Gasteiger partial charge in [0.1, 0.15) is 0 Å². The Morgan fingerprint density at radius 2 is 1.60 bits per heavy atom. The lowest BCUT2D eigenvalue weighted by molar-refractivity contribution is -0.122. The van der Waals surface area contributed by atoms with Crippen LogP contribution in [0.25, 0.3) is 0 Å². The molecule has 1 atom stereocenters. The number of amides is 1. The van der Waals surface area contributed by atoms with Crippen molar-refractivity contribution in [2.24, 2.45) is 0 Å². The smallest absolute Gasteiger partial charge is 0.243 e. The molecule has 0 heterocycles. The molecule has 3 aromatic carbocycles. The van der Waals surface area contributed by atoms with Crippen LogP contribution in [0.3, 0.4) is 0 Å². The van der Waals surface area contributed by atoms with E-state index in [9.17, 15) is 13.2 Å². The van der Waals surface area contributed by atoms with Crippen LogP contribution in [0.5, 0.6) is 0 Å². The first-order valence-electron chi connectivity index (χ1n) is 10.9. The van der Waals surface area contributed by atoms with Crippen molar-refractivity contribution in [3.63, 3.8) is 0 Å². The van der Waals surface area contributed by atoms with E-state index in [2.05, 4.69) is 33.4 Å². The van der Waals surface area contributed by atoms with Gasteiger partial charge in [-0.3, -0.25) is 4.79 Å². The third kappa shape index (κ3) is 6.86. The molecule has 186 valence electrons. The fraction of sp³-hybridized carbons (Fsp3) is 0.269. The molecule has 0 saturated heterocycles. The fourth-order valence-electron chi connectivity index (χ4n) is 3.80. The maximum Gasteiger partial charge on any atom is 0.243 e. The van der Waals surface area contributed by atoms with Gasteiger partial charge >= 0.3 is 0 Å². The maximum absolute atomic E-state index is 13.5. The topological polar surface area (TPSA) is 66.5 Å². The van der Waals surface area contributed by atoms with Gasteiger partial charge < -0.3 is 5.32 Å². The highest BCUT2D eigenvalue weighted by Gasteiger charge is 2.28. The van der Waals surface area contributed by atoms with E-state index in [1.165, 1.54) is 17.7 Å². The number of carbonyl (C=O) groups excluding carboxylic acids is 1. The van der Waals surface area contributed by atoms with Crippen molar-refractivity contribution in [3.05, 3.63) is 96.9 Å². The van der Waals surface area contributed by atoms with Crippen LogP contribution >= 0.6 is 39.1 Å². The zero-order chi connectivity index (χ0) is 25.9. The van der Waals surface area contributed by atoms with Crippen LogP contribution < -0.4 is 5.32 Å². The summed E-state index contributed by atoms with van der Waals surface area (Å²) < 4.78 is 28.9. The molecule has 0 aliphatic heterocycles. The minimum absolute atomic E-state index is 0.0802. The van der Waals surface area contributed by atoms with Crippen molar-refractivity contribution >= 4 is 55.1 Å². The summed E-state index contributed by atoms with van der Waals surface area (Å²) >= 11 is 15.6. The summed E-state index contributed by atoms with van der Waals surface area (Å²) in [5, 5.41) is 3.72. The minimum Gasteiger partial charge on any atom is -0.348 e. The van der Waals surface area contributed by atoms with Gasteiger partial charge in [0.15, 0.2) is 0 Å². The molecule has 3 aromatic rings. The van der Waals surface area contributed by atoms with Gasteiger partial charge in [-0.15, -0.1) is 0 Å². The highest BCUT2D eigenvalue weighted by atomic mass is 79.9. The fourth-order valence-corrected chi connectivity index (χ4v) is 5.90. The molecule has 1 unspecified atom stereocenters. The summed E-state index contributed by atoms with van der Waals surface area (Å²) in [6, 6.07) is 15.0. The summed E-state index contributed by atoms with van der Waals surface area (Å²) in [7, 11) is -4.00. The van der Waals surface area contributed by atoms with Crippen LogP contribution in [0.4, 0.5) is 0 Å². The number of aryl methyl sites for hydroxylation is 3. The summed E-state index contributed by atoms with van der Waals surface area (Å²) in [5.74, 6) is -0.416. The highest BCUT2D eigenvalue weighted by Crippen LogP contribution is 2.26. The number of sulfonamides is 1. The van der Waals surface area contributed by atoms with Gasteiger partial charge in [-0.2, -0.15) is 4.31 Å². The van der Waals surface area contributed by atoms with Gasteiger partial charge in [0.05, 0.1) is 17.5 Å². The molecule has 0 fully saturated rings. The van der Waals surface area contributed by atoms with Gasteiger partial charge in [-0.25, -0.2) is 8.42 Å². The average Bonchev–Trinajstić information content (AvgIpc) is 2.77. The van der Waals surface area contributed by atoms with Crippen LogP contribution in [0.1, 0.15) is 40.8 Å². The number of nitrogens with one attached hydrogen (secondary N) is 1. The Morgan fingerprint density at radius 3 is 2.23 bits per heavy atom. The largest absolute Gasteiger partial charge is 0.348 e. The molecule has 1 amide bonds. The Bertz CT molecular complexity index is 1350. The quantitative estimate of drug-likeness (QED) is 0.312. The Labute approximate surface area is 225 Å². The lowest BCUT2D eigenvalue weighted by Crippen LogP contribution is -2.41. The molecule has 0 aliphatic rings. The van der Waals surface area contributed by atoms with Crippen molar-refractivity contribution < 1.29 is 13.2 Å². The molecule has 0 bridgehead atoms. The Hall–Kier alpha value is -1.90. The molecule has 0 spiro atoms. The first-order valence-corrected chi connectivity index (χ1v) is 13.9. The predicted molar refractivity (Wildman–Crippen MR) is 145 cm³/mol. The zero-order valence-corrected chi connectivity index (χ0v) is 23.8. The molecule has 9 heteroatoms. The summed E-state index contributed by atoms with van der Waals surface area (Å²) in [5.41, 5.74) is 4.90. The van der Waals surface area contributed by atoms with E-state index < -0.39 is 15.9 Å². The van der Waals surface area contributed by atoms with Crippen LogP contribution in [-0.2, 0) is 21.4 Å². The number of carbonyl (C=O) groups is 1. The molecule has 0 aromatic heterocycles. The van der Waals surface area contributed by atoms with Gasteiger partial charge in [-0.1, -0.05) is 57.3 Å². The monoisotopic (exact) mass is 596 g/mol. The predicted octanol–water partition coefficient (Wildman–Crippen LogP) is 6.75. The Kier molecular flexibility index (Phi) is 9.05. The number of rotatable bonds is 8. The molecule has 0 aliphatic carbocycles. The van der Waals surface area contributed by atoms with E-state index in [0.29, 0.717) is 15.6 Å². The second-order valence-electron chi connectivity index (χ2n) is 8.55. The van der Waals surface area contributed by atoms with E-state index in [-0.39, 0.29) is 24.0 Å². The van der Waals surface area contributed by atoms with Crippen molar-refractivity contribution in [2.75, 3.05) is 6.54 Å². The number of benzene rings is 3. The first kappa shape index (κ1) is 27.7. The number of hydrogen-bond donors (Lipinski definition) is 1. The van der Waals surface area contributed by atoms with Crippen molar-refractivity contribution in [1.29, 1.82) is 0 Å². The van der Waals surface area contributed by atoms with E-state index in [4.69, 9.17) is 23.2 Å². The molecule has 5 nitrogen and oxygen atoms in total. The van der Waals surface area contributed by atoms with Crippen LogP contribution in [0, 0.1) is 20.8 Å². The average molecular weight is 598 g/mol. The Balaban J connectivity index is 1.89.